The molecule has 0 radical (unpaired) electrons. The summed E-state index contributed by atoms with van der Waals surface area (Å²) in [6, 6.07) is 9.48. The molecule has 1 fully saturated rings. The summed E-state index contributed by atoms with van der Waals surface area (Å²) in [7, 11) is 1.61. The Balaban J connectivity index is 2.00. The number of rotatable bonds is 4. The molecule has 0 spiro atoms. The second kappa shape index (κ2) is 7.42. The van der Waals surface area contributed by atoms with E-state index < -0.39 is 0 Å². The summed E-state index contributed by atoms with van der Waals surface area (Å²) in [4.78, 5) is 6.56. The number of oxime groups is 1. The van der Waals surface area contributed by atoms with Crippen LogP contribution in [0.1, 0.15) is 29.7 Å². The number of hydrogen-bond donors (Lipinski definition) is 1. The van der Waals surface area contributed by atoms with E-state index in [1.54, 1.807) is 7.11 Å². The van der Waals surface area contributed by atoms with E-state index in [-0.39, 0.29) is 0 Å². The summed E-state index contributed by atoms with van der Waals surface area (Å²) in [5, 5.41) is 13.1. The molecule has 0 aliphatic carbocycles. The number of methoxy groups -OCH3 is 1. The van der Waals surface area contributed by atoms with Crippen LogP contribution >= 0.6 is 0 Å². The SMILES string of the molecule is COc1cc(C)ccc1Oc1nc(C)ccc1/C(=N/O)N1CCCC1. The van der Waals surface area contributed by atoms with Crippen LogP contribution in [0.4, 0.5) is 0 Å². The lowest BCUT2D eigenvalue weighted by Crippen LogP contribution is -2.29. The van der Waals surface area contributed by atoms with Crippen molar-refractivity contribution in [2.45, 2.75) is 26.7 Å². The van der Waals surface area contributed by atoms with Crippen molar-refractivity contribution >= 4 is 5.84 Å². The molecule has 3 rings (SSSR count). The molecule has 25 heavy (non-hydrogen) atoms. The molecule has 0 bridgehead atoms. The molecule has 6 heteroatoms. The fourth-order valence-electron chi connectivity index (χ4n) is 2.96. The Morgan fingerprint density at radius 1 is 1.12 bits per heavy atom. The predicted octanol–water partition coefficient (Wildman–Crippen LogP) is 3.73. The van der Waals surface area contributed by atoms with Crippen molar-refractivity contribution in [1.82, 2.24) is 9.88 Å². The highest BCUT2D eigenvalue weighted by Crippen LogP contribution is 2.33. The van der Waals surface area contributed by atoms with Gasteiger partial charge in [0.05, 0.1) is 12.7 Å². The van der Waals surface area contributed by atoms with Crippen LogP contribution < -0.4 is 9.47 Å². The van der Waals surface area contributed by atoms with Gasteiger partial charge >= 0.3 is 0 Å². The van der Waals surface area contributed by atoms with Gasteiger partial charge in [-0.2, -0.15) is 0 Å². The number of aryl methyl sites for hydroxylation is 2. The zero-order valence-corrected chi connectivity index (χ0v) is 14.8. The lowest BCUT2D eigenvalue weighted by Gasteiger charge is -2.20. The molecular formula is C19H23N3O3. The Labute approximate surface area is 147 Å². The average Bonchev–Trinajstić information content (AvgIpc) is 3.13. The summed E-state index contributed by atoms with van der Waals surface area (Å²) in [6.45, 7) is 5.61. The van der Waals surface area contributed by atoms with E-state index in [0.29, 0.717) is 28.8 Å². The molecule has 1 aromatic carbocycles. The number of hydrogen-bond acceptors (Lipinski definition) is 5. The predicted molar refractivity (Wildman–Crippen MR) is 95.9 cm³/mol. The molecule has 0 atom stereocenters. The van der Waals surface area contributed by atoms with E-state index in [4.69, 9.17) is 9.47 Å². The van der Waals surface area contributed by atoms with E-state index >= 15 is 0 Å². The van der Waals surface area contributed by atoms with Gasteiger partial charge in [-0.05, 0) is 56.5 Å². The van der Waals surface area contributed by atoms with Crippen molar-refractivity contribution in [1.29, 1.82) is 0 Å². The third-order valence-electron chi connectivity index (χ3n) is 4.27. The number of amidine groups is 1. The van der Waals surface area contributed by atoms with Gasteiger partial charge in [-0.15, -0.1) is 0 Å². The molecule has 1 saturated heterocycles. The van der Waals surface area contributed by atoms with E-state index in [1.165, 1.54) is 0 Å². The second-order valence-corrected chi connectivity index (χ2v) is 6.18. The van der Waals surface area contributed by atoms with Crippen LogP contribution in [-0.2, 0) is 0 Å². The molecule has 1 aliphatic rings. The minimum atomic E-state index is 0.404. The molecule has 0 saturated carbocycles. The lowest BCUT2D eigenvalue weighted by molar-refractivity contribution is 0.306. The van der Waals surface area contributed by atoms with E-state index in [1.807, 2.05) is 49.1 Å². The van der Waals surface area contributed by atoms with Gasteiger partial charge in [0.1, 0.15) is 0 Å². The van der Waals surface area contributed by atoms with E-state index in [9.17, 15) is 5.21 Å². The summed E-state index contributed by atoms with van der Waals surface area (Å²) in [6.07, 6.45) is 2.17. The van der Waals surface area contributed by atoms with Gasteiger partial charge in [0.25, 0.3) is 0 Å². The quantitative estimate of drug-likeness (QED) is 0.397. The first-order chi connectivity index (χ1) is 12.1. The molecule has 6 nitrogen and oxygen atoms in total. The number of pyridine rings is 1. The Morgan fingerprint density at radius 2 is 1.88 bits per heavy atom. The van der Waals surface area contributed by atoms with Gasteiger partial charge in [-0.25, -0.2) is 4.98 Å². The fraction of sp³-hybridized carbons (Fsp3) is 0.368. The molecule has 0 amide bonds. The highest BCUT2D eigenvalue weighted by molar-refractivity contribution is 6.00. The number of benzene rings is 1. The van der Waals surface area contributed by atoms with Gasteiger partial charge in [0.15, 0.2) is 17.3 Å². The molecule has 1 aromatic heterocycles. The third-order valence-corrected chi connectivity index (χ3v) is 4.27. The number of aromatic nitrogens is 1. The van der Waals surface area contributed by atoms with Crippen molar-refractivity contribution in [2.75, 3.05) is 20.2 Å². The van der Waals surface area contributed by atoms with Crippen LogP contribution in [0.5, 0.6) is 17.4 Å². The number of likely N-dealkylation sites (tertiary alicyclic amines) is 1. The van der Waals surface area contributed by atoms with Gasteiger partial charge in [0.2, 0.25) is 5.88 Å². The monoisotopic (exact) mass is 341 g/mol. The average molecular weight is 341 g/mol. The first-order valence-corrected chi connectivity index (χ1v) is 8.40. The van der Waals surface area contributed by atoms with Crippen molar-refractivity contribution in [2.24, 2.45) is 5.16 Å². The van der Waals surface area contributed by atoms with E-state index in [0.717, 1.165) is 37.2 Å². The zero-order chi connectivity index (χ0) is 17.8. The van der Waals surface area contributed by atoms with Gasteiger partial charge < -0.3 is 19.6 Å². The smallest absolute Gasteiger partial charge is 0.230 e. The molecule has 0 unspecified atom stereocenters. The van der Waals surface area contributed by atoms with Crippen LogP contribution in [0.25, 0.3) is 0 Å². The topological polar surface area (TPSA) is 67.2 Å². The first kappa shape index (κ1) is 17.1. The largest absolute Gasteiger partial charge is 0.493 e. The maximum Gasteiger partial charge on any atom is 0.230 e. The standard InChI is InChI=1S/C19H23N3O3/c1-13-6-9-16(17(12-13)24-3)25-19-15(8-7-14(2)20-19)18(21-23)22-10-4-5-11-22/h6-9,12,23H,4-5,10-11H2,1-3H3/b21-18-. The highest BCUT2D eigenvalue weighted by atomic mass is 16.5. The van der Waals surface area contributed by atoms with Crippen molar-refractivity contribution in [3.63, 3.8) is 0 Å². The molecule has 2 heterocycles. The summed E-state index contributed by atoms with van der Waals surface area (Å²) in [5.41, 5.74) is 2.57. The lowest BCUT2D eigenvalue weighted by atomic mass is 10.2. The molecule has 1 N–H and O–H groups in total. The molecule has 132 valence electrons. The summed E-state index contributed by atoms with van der Waals surface area (Å²) >= 11 is 0. The van der Waals surface area contributed by atoms with E-state index in [2.05, 4.69) is 10.1 Å². The normalized spacial score (nSPS) is 14.7. The fourth-order valence-corrected chi connectivity index (χ4v) is 2.96. The zero-order valence-electron chi connectivity index (χ0n) is 14.8. The van der Waals surface area contributed by atoms with Crippen molar-refractivity contribution in [3.05, 3.63) is 47.2 Å². The maximum absolute atomic E-state index is 9.58. The molecular weight excluding hydrogens is 318 g/mol. The van der Waals surface area contributed by atoms with Crippen LogP contribution in [0, 0.1) is 13.8 Å². The molecule has 2 aromatic rings. The maximum atomic E-state index is 9.58. The van der Waals surface area contributed by atoms with Gasteiger partial charge in [-0.3, -0.25) is 0 Å². The summed E-state index contributed by atoms with van der Waals surface area (Å²) in [5.74, 6) is 2.11. The Bertz CT molecular complexity index is 783. The number of ether oxygens (including phenoxy) is 2. The summed E-state index contributed by atoms with van der Waals surface area (Å²) < 4.78 is 11.5. The Kier molecular flexibility index (Phi) is 5.07. The second-order valence-electron chi connectivity index (χ2n) is 6.18. The van der Waals surface area contributed by atoms with Gasteiger partial charge in [-0.1, -0.05) is 11.2 Å². The van der Waals surface area contributed by atoms with Crippen LogP contribution in [0.2, 0.25) is 0 Å². The van der Waals surface area contributed by atoms with Crippen LogP contribution in [-0.4, -0.2) is 41.1 Å². The minimum Gasteiger partial charge on any atom is -0.493 e. The van der Waals surface area contributed by atoms with Crippen molar-refractivity contribution < 1.29 is 14.7 Å². The van der Waals surface area contributed by atoms with Crippen LogP contribution in [0.3, 0.4) is 0 Å². The minimum absolute atomic E-state index is 0.404. The molecule has 1 aliphatic heterocycles. The number of nitrogens with zero attached hydrogens (tertiary/aromatic N) is 3. The third kappa shape index (κ3) is 3.68. The first-order valence-electron chi connectivity index (χ1n) is 8.40. The highest BCUT2D eigenvalue weighted by Gasteiger charge is 2.23. The van der Waals surface area contributed by atoms with Gasteiger partial charge in [0, 0.05) is 18.8 Å². The van der Waals surface area contributed by atoms with Crippen LogP contribution in [0.15, 0.2) is 35.5 Å². The Hall–Kier alpha value is -2.76. The van der Waals surface area contributed by atoms with Crippen molar-refractivity contribution in [3.8, 4) is 17.4 Å². The Morgan fingerprint density at radius 3 is 2.56 bits per heavy atom.